The van der Waals surface area contributed by atoms with Crippen LogP contribution in [-0.4, -0.2) is 21.1 Å². The molecule has 0 saturated heterocycles. The molecule has 1 fully saturated rings. The van der Waals surface area contributed by atoms with Crippen LogP contribution in [0.15, 0.2) is 41.2 Å². The smallest absolute Gasteiger partial charge is 0.262 e. The van der Waals surface area contributed by atoms with Crippen molar-refractivity contribution in [2.45, 2.75) is 32.2 Å². The minimum Gasteiger partial charge on any atom is -0.299 e. The fourth-order valence-electron chi connectivity index (χ4n) is 3.50. The van der Waals surface area contributed by atoms with Crippen LogP contribution < -0.4 is 5.56 Å². The van der Waals surface area contributed by atoms with E-state index in [0.29, 0.717) is 29.6 Å². The third-order valence-corrected chi connectivity index (χ3v) is 4.70. The first-order valence-electron chi connectivity index (χ1n) is 8.00. The number of benzene rings is 2. The summed E-state index contributed by atoms with van der Waals surface area (Å²) in [6.45, 7) is 1.74. The molecule has 5 nitrogen and oxygen atoms in total. The van der Waals surface area contributed by atoms with E-state index in [1.807, 2.05) is 36.4 Å². The van der Waals surface area contributed by atoms with Gasteiger partial charge in [-0.15, -0.1) is 0 Å². The summed E-state index contributed by atoms with van der Waals surface area (Å²) in [5.41, 5.74) is 0.419. The Morgan fingerprint density at radius 2 is 1.79 bits per heavy atom. The fraction of sp³-hybridized carbons (Fsp3) is 0.263. The molecule has 3 aromatic rings. The van der Waals surface area contributed by atoms with Crippen LogP contribution in [0.2, 0.25) is 0 Å². The van der Waals surface area contributed by atoms with Gasteiger partial charge in [-0.25, -0.2) is 4.98 Å². The Morgan fingerprint density at radius 1 is 1.08 bits per heavy atom. The maximum absolute atomic E-state index is 13.0. The van der Waals surface area contributed by atoms with Crippen LogP contribution in [0.5, 0.6) is 0 Å². The number of hydrogen-bond acceptors (Lipinski definition) is 4. The normalized spacial score (nSPS) is 18.5. The second-order valence-corrected chi connectivity index (χ2v) is 6.29. The van der Waals surface area contributed by atoms with E-state index < -0.39 is 6.04 Å². The third-order valence-electron chi connectivity index (χ3n) is 4.70. The highest BCUT2D eigenvalue weighted by Crippen LogP contribution is 2.25. The molecular weight excluding hydrogens is 304 g/mol. The molecule has 0 radical (unpaired) electrons. The van der Waals surface area contributed by atoms with E-state index in [0.717, 1.165) is 10.8 Å². The molecule has 0 bridgehead atoms. The molecule has 1 aromatic heterocycles. The Labute approximate surface area is 137 Å². The summed E-state index contributed by atoms with van der Waals surface area (Å²) in [6, 6.07) is 10.9. The topological polar surface area (TPSA) is 69.0 Å². The summed E-state index contributed by atoms with van der Waals surface area (Å²) in [7, 11) is 0. The van der Waals surface area contributed by atoms with Gasteiger partial charge in [0.15, 0.2) is 5.78 Å². The standard InChI is InChI=1S/C19H16N2O3/c1-11-20-16-9-13-5-3-2-4-12(13)8-15(16)19(24)21(11)17-7-6-14(22)10-18(17)23/h2-5,8-9,17H,6-7,10H2,1H3/t17-/m0/s1. The molecule has 1 atom stereocenters. The van der Waals surface area contributed by atoms with Crippen molar-refractivity contribution in [2.24, 2.45) is 0 Å². The maximum Gasteiger partial charge on any atom is 0.262 e. The number of fused-ring (bicyclic) bond motifs is 2. The van der Waals surface area contributed by atoms with E-state index in [-0.39, 0.29) is 23.5 Å². The van der Waals surface area contributed by atoms with Crippen molar-refractivity contribution in [3.05, 3.63) is 52.6 Å². The maximum atomic E-state index is 13.0. The second-order valence-electron chi connectivity index (χ2n) is 6.29. The fourth-order valence-corrected chi connectivity index (χ4v) is 3.50. The van der Waals surface area contributed by atoms with Gasteiger partial charge in [0.1, 0.15) is 11.6 Å². The van der Waals surface area contributed by atoms with Crippen LogP contribution in [0.4, 0.5) is 0 Å². The Balaban J connectivity index is 1.96. The van der Waals surface area contributed by atoms with Gasteiger partial charge in [0.2, 0.25) is 0 Å². The van der Waals surface area contributed by atoms with Gasteiger partial charge in [0, 0.05) is 6.42 Å². The predicted molar refractivity (Wildman–Crippen MR) is 91.1 cm³/mol. The van der Waals surface area contributed by atoms with E-state index in [4.69, 9.17) is 0 Å². The van der Waals surface area contributed by atoms with Gasteiger partial charge in [0.25, 0.3) is 5.56 Å². The number of aryl methyl sites for hydroxylation is 1. The second kappa shape index (κ2) is 5.37. The van der Waals surface area contributed by atoms with Crippen LogP contribution >= 0.6 is 0 Å². The number of Topliss-reactive ketones (excluding diaryl/α,β-unsaturated/α-hetero) is 2. The van der Waals surface area contributed by atoms with Crippen molar-refractivity contribution < 1.29 is 9.59 Å². The average Bonchev–Trinajstić information content (AvgIpc) is 2.55. The quantitative estimate of drug-likeness (QED) is 0.511. The molecule has 0 unspecified atom stereocenters. The molecule has 24 heavy (non-hydrogen) atoms. The first-order chi connectivity index (χ1) is 11.5. The van der Waals surface area contributed by atoms with Crippen molar-refractivity contribution in [2.75, 3.05) is 0 Å². The van der Waals surface area contributed by atoms with E-state index in [9.17, 15) is 14.4 Å². The Bertz CT molecular complexity index is 1070. The Hall–Kier alpha value is -2.82. The lowest BCUT2D eigenvalue weighted by atomic mass is 9.92. The molecule has 0 N–H and O–H groups in total. The summed E-state index contributed by atoms with van der Waals surface area (Å²) in [4.78, 5) is 41.3. The highest BCUT2D eigenvalue weighted by molar-refractivity contribution is 6.03. The van der Waals surface area contributed by atoms with E-state index >= 15 is 0 Å². The van der Waals surface area contributed by atoms with E-state index in [1.54, 1.807) is 6.92 Å². The molecule has 1 aliphatic rings. The van der Waals surface area contributed by atoms with Gasteiger partial charge < -0.3 is 0 Å². The van der Waals surface area contributed by atoms with Crippen molar-refractivity contribution in [1.82, 2.24) is 9.55 Å². The highest BCUT2D eigenvalue weighted by Gasteiger charge is 2.30. The lowest BCUT2D eigenvalue weighted by Crippen LogP contribution is -2.36. The van der Waals surface area contributed by atoms with Crippen LogP contribution in [0, 0.1) is 6.92 Å². The number of carbonyl (C=O) groups is 2. The zero-order valence-electron chi connectivity index (χ0n) is 13.3. The Kier molecular flexibility index (Phi) is 3.30. The minimum atomic E-state index is -0.585. The van der Waals surface area contributed by atoms with Crippen molar-refractivity contribution in [3.63, 3.8) is 0 Å². The van der Waals surface area contributed by atoms with Crippen molar-refractivity contribution >= 4 is 33.2 Å². The van der Waals surface area contributed by atoms with Gasteiger partial charge in [0.05, 0.1) is 23.4 Å². The van der Waals surface area contributed by atoms with Gasteiger partial charge in [-0.05, 0) is 36.2 Å². The largest absolute Gasteiger partial charge is 0.299 e. The summed E-state index contributed by atoms with van der Waals surface area (Å²) < 4.78 is 1.46. The van der Waals surface area contributed by atoms with Crippen molar-refractivity contribution in [3.8, 4) is 0 Å². The number of hydrogen-bond donors (Lipinski definition) is 0. The summed E-state index contributed by atoms with van der Waals surface area (Å²) >= 11 is 0. The summed E-state index contributed by atoms with van der Waals surface area (Å²) in [6.07, 6.45) is 0.615. The van der Waals surface area contributed by atoms with Crippen molar-refractivity contribution in [1.29, 1.82) is 0 Å². The average molecular weight is 320 g/mol. The first kappa shape index (κ1) is 14.8. The molecule has 5 heteroatoms. The molecule has 0 spiro atoms. The number of nitrogens with zero attached hydrogens (tertiary/aromatic N) is 2. The predicted octanol–water partition coefficient (Wildman–Crippen LogP) is 2.72. The molecule has 0 amide bonds. The van der Waals surface area contributed by atoms with Crippen LogP contribution in [0.3, 0.4) is 0 Å². The molecule has 120 valence electrons. The third kappa shape index (κ3) is 2.24. The van der Waals surface area contributed by atoms with Crippen LogP contribution in [-0.2, 0) is 9.59 Å². The molecule has 0 aliphatic heterocycles. The summed E-state index contributed by atoms with van der Waals surface area (Å²) in [5, 5.41) is 2.49. The zero-order chi connectivity index (χ0) is 16.8. The lowest BCUT2D eigenvalue weighted by molar-refractivity contribution is -0.132. The van der Waals surface area contributed by atoms with E-state index in [2.05, 4.69) is 4.98 Å². The van der Waals surface area contributed by atoms with Crippen LogP contribution in [0.1, 0.15) is 31.1 Å². The van der Waals surface area contributed by atoms with Crippen LogP contribution in [0.25, 0.3) is 21.7 Å². The van der Waals surface area contributed by atoms with E-state index in [1.165, 1.54) is 4.57 Å². The zero-order valence-corrected chi connectivity index (χ0v) is 13.3. The van der Waals surface area contributed by atoms with Gasteiger partial charge in [-0.2, -0.15) is 0 Å². The number of rotatable bonds is 1. The Morgan fingerprint density at radius 3 is 2.50 bits per heavy atom. The SMILES string of the molecule is Cc1nc2cc3ccccc3cc2c(=O)n1[C@H]1CCC(=O)CC1=O. The monoisotopic (exact) mass is 320 g/mol. The highest BCUT2D eigenvalue weighted by atomic mass is 16.2. The number of aromatic nitrogens is 2. The first-order valence-corrected chi connectivity index (χ1v) is 8.00. The minimum absolute atomic E-state index is 0.0540. The number of ketones is 2. The molecule has 2 aromatic carbocycles. The van der Waals surface area contributed by atoms with Gasteiger partial charge >= 0.3 is 0 Å². The summed E-state index contributed by atoms with van der Waals surface area (Å²) in [5.74, 6) is 0.260. The molecule has 1 aliphatic carbocycles. The lowest BCUT2D eigenvalue weighted by Gasteiger charge is -2.24. The molecular formula is C19H16N2O3. The molecule has 1 saturated carbocycles. The number of carbonyl (C=O) groups excluding carboxylic acids is 2. The van der Waals surface area contributed by atoms with Gasteiger partial charge in [-0.3, -0.25) is 19.0 Å². The molecule has 4 rings (SSSR count). The molecule has 1 heterocycles. The van der Waals surface area contributed by atoms with Gasteiger partial charge in [-0.1, -0.05) is 24.3 Å².